The zero-order valence-electron chi connectivity index (χ0n) is 18.6. The molecule has 0 heterocycles. The first-order valence-electron chi connectivity index (χ1n) is 10.4. The zero-order chi connectivity index (χ0) is 26.5. The van der Waals surface area contributed by atoms with Gasteiger partial charge < -0.3 is 10.1 Å². The fourth-order valence-electron chi connectivity index (χ4n) is 3.19. The number of benzene rings is 3. The van der Waals surface area contributed by atoms with Gasteiger partial charge >= 0.3 is 11.9 Å². The summed E-state index contributed by atoms with van der Waals surface area (Å²) in [6.45, 7) is 1.93. The van der Waals surface area contributed by atoms with Crippen LogP contribution in [-0.4, -0.2) is 10.8 Å². The minimum atomic E-state index is -4.77. The van der Waals surface area contributed by atoms with Crippen LogP contribution in [0.1, 0.15) is 23.6 Å². The van der Waals surface area contributed by atoms with Crippen molar-refractivity contribution in [3.63, 3.8) is 0 Å². The van der Waals surface area contributed by atoms with Crippen LogP contribution in [0.2, 0.25) is 5.02 Å². The fourth-order valence-corrected chi connectivity index (χ4v) is 3.41. The summed E-state index contributed by atoms with van der Waals surface area (Å²) < 4.78 is 44.1. The Morgan fingerprint density at radius 1 is 1.17 bits per heavy atom. The number of ether oxygens (including phenoxy) is 1. The molecule has 0 unspecified atom stereocenters. The Kier molecular flexibility index (Phi) is 7.96. The monoisotopic (exact) mass is 515 g/mol. The molecule has 0 aliphatic rings. The fraction of sp³-hybridized carbons (Fsp3) is 0.120. The molecule has 0 aromatic heterocycles. The first-order valence-corrected chi connectivity index (χ1v) is 10.8. The lowest BCUT2D eigenvalue weighted by Crippen LogP contribution is -2.14. The summed E-state index contributed by atoms with van der Waals surface area (Å²) in [5.41, 5.74) is -0.470. The predicted octanol–water partition coefficient (Wildman–Crippen LogP) is 7.17. The minimum absolute atomic E-state index is 0.0491. The van der Waals surface area contributed by atoms with Crippen LogP contribution in [-0.2, 0) is 17.4 Å². The van der Waals surface area contributed by atoms with Crippen molar-refractivity contribution in [2.24, 2.45) is 0 Å². The molecule has 0 spiro atoms. The minimum Gasteiger partial charge on any atom is -0.449 e. The summed E-state index contributed by atoms with van der Waals surface area (Å²) in [5.74, 6) is -1.14. The highest BCUT2D eigenvalue weighted by molar-refractivity contribution is 6.32. The van der Waals surface area contributed by atoms with E-state index >= 15 is 0 Å². The van der Waals surface area contributed by atoms with Crippen LogP contribution in [0.25, 0.3) is 6.08 Å². The number of hydrogen-bond acceptors (Lipinski definition) is 5. The second-order valence-electron chi connectivity index (χ2n) is 7.36. The molecule has 0 aliphatic carbocycles. The van der Waals surface area contributed by atoms with E-state index in [9.17, 15) is 33.3 Å². The van der Waals surface area contributed by atoms with E-state index in [1.807, 2.05) is 25.1 Å². The molecule has 0 saturated carbocycles. The second-order valence-corrected chi connectivity index (χ2v) is 7.77. The average Bonchev–Trinajstić information content (AvgIpc) is 2.83. The van der Waals surface area contributed by atoms with E-state index in [1.165, 1.54) is 24.3 Å². The Bertz CT molecular complexity index is 1400. The van der Waals surface area contributed by atoms with Crippen molar-refractivity contribution in [2.45, 2.75) is 19.5 Å². The van der Waals surface area contributed by atoms with Gasteiger partial charge in [0.2, 0.25) is 5.75 Å². The molecule has 0 saturated heterocycles. The molecule has 1 N–H and O–H groups in total. The summed E-state index contributed by atoms with van der Waals surface area (Å²) in [6.07, 6.45) is -2.80. The van der Waals surface area contributed by atoms with Gasteiger partial charge in [-0.2, -0.15) is 18.4 Å². The number of alkyl halides is 3. The Labute approximate surface area is 208 Å². The van der Waals surface area contributed by atoms with E-state index < -0.39 is 34.0 Å². The SMILES string of the molecule is CCc1ccccc1NC(=O)/C(C#N)=C\c1ccc(Oc2ccc(C(F)(F)F)cc2[N+](=O)[O-])c(Cl)c1. The summed E-state index contributed by atoms with van der Waals surface area (Å²) in [5, 5.41) is 23.4. The number of rotatable bonds is 7. The Morgan fingerprint density at radius 2 is 1.86 bits per heavy atom. The van der Waals surface area contributed by atoms with Crippen molar-refractivity contribution >= 4 is 35.0 Å². The van der Waals surface area contributed by atoms with E-state index in [0.717, 1.165) is 11.6 Å². The third-order valence-corrected chi connectivity index (χ3v) is 5.28. The first-order chi connectivity index (χ1) is 17.0. The van der Waals surface area contributed by atoms with E-state index in [2.05, 4.69) is 5.32 Å². The van der Waals surface area contributed by atoms with Gasteiger partial charge in [-0.3, -0.25) is 14.9 Å². The summed E-state index contributed by atoms with van der Waals surface area (Å²) in [7, 11) is 0. The maximum absolute atomic E-state index is 12.9. The lowest BCUT2D eigenvalue weighted by molar-refractivity contribution is -0.385. The standard InChI is InChI=1S/C25H17ClF3N3O4/c1-2-16-5-3-4-6-20(16)31-24(33)17(14-30)11-15-7-9-22(19(26)12-15)36-23-10-8-18(25(27,28)29)13-21(23)32(34)35/h3-13H,2H2,1H3,(H,31,33)/b17-11-. The maximum atomic E-state index is 12.9. The number of halogens is 4. The number of anilines is 1. The molecule has 184 valence electrons. The molecule has 7 nitrogen and oxygen atoms in total. The third-order valence-electron chi connectivity index (χ3n) is 4.98. The van der Waals surface area contributed by atoms with Crippen LogP contribution < -0.4 is 10.1 Å². The van der Waals surface area contributed by atoms with Gasteiger partial charge in [-0.05, 0) is 54.0 Å². The molecule has 11 heteroatoms. The zero-order valence-corrected chi connectivity index (χ0v) is 19.4. The quantitative estimate of drug-likeness (QED) is 0.155. The van der Waals surface area contributed by atoms with Gasteiger partial charge in [0.05, 0.1) is 15.5 Å². The van der Waals surface area contributed by atoms with E-state index in [-0.39, 0.29) is 16.3 Å². The van der Waals surface area contributed by atoms with Crippen molar-refractivity contribution in [2.75, 3.05) is 5.32 Å². The van der Waals surface area contributed by atoms with Gasteiger partial charge in [0.25, 0.3) is 5.91 Å². The highest BCUT2D eigenvalue weighted by atomic mass is 35.5. The highest BCUT2D eigenvalue weighted by Crippen LogP contribution is 2.39. The molecule has 0 aliphatic heterocycles. The van der Waals surface area contributed by atoms with Crippen LogP contribution in [0.15, 0.2) is 66.2 Å². The lowest BCUT2D eigenvalue weighted by atomic mass is 10.1. The van der Waals surface area contributed by atoms with Gasteiger partial charge in [0.1, 0.15) is 17.4 Å². The van der Waals surface area contributed by atoms with Crippen molar-refractivity contribution in [3.05, 3.63) is 98.1 Å². The van der Waals surface area contributed by atoms with Crippen LogP contribution in [0.5, 0.6) is 11.5 Å². The summed E-state index contributed by atoms with van der Waals surface area (Å²) >= 11 is 6.20. The number of para-hydroxylation sites is 1. The van der Waals surface area contributed by atoms with Crippen LogP contribution >= 0.6 is 11.6 Å². The smallest absolute Gasteiger partial charge is 0.416 e. The van der Waals surface area contributed by atoms with Crippen molar-refractivity contribution in [1.29, 1.82) is 5.26 Å². The van der Waals surface area contributed by atoms with Gasteiger partial charge in [0.15, 0.2) is 0 Å². The molecule has 0 radical (unpaired) electrons. The van der Waals surface area contributed by atoms with Crippen molar-refractivity contribution in [3.8, 4) is 17.6 Å². The van der Waals surface area contributed by atoms with Crippen LogP contribution in [0.4, 0.5) is 24.5 Å². The molecule has 3 aromatic carbocycles. The normalized spacial score (nSPS) is 11.5. The van der Waals surface area contributed by atoms with E-state index in [4.69, 9.17) is 16.3 Å². The largest absolute Gasteiger partial charge is 0.449 e. The van der Waals surface area contributed by atoms with Gasteiger partial charge in [-0.15, -0.1) is 0 Å². The molecule has 0 bridgehead atoms. The Balaban J connectivity index is 1.85. The van der Waals surface area contributed by atoms with Crippen molar-refractivity contribution < 1.29 is 27.6 Å². The number of hydrogen-bond donors (Lipinski definition) is 1. The first kappa shape index (κ1) is 26.2. The molecule has 3 aromatic rings. The van der Waals surface area contributed by atoms with Crippen LogP contribution in [0.3, 0.4) is 0 Å². The maximum Gasteiger partial charge on any atom is 0.416 e. The number of nitro benzene ring substituents is 1. The third kappa shape index (κ3) is 6.20. The number of nitro groups is 1. The molecule has 3 rings (SSSR count). The predicted molar refractivity (Wildman–Crippen MR) is 128 cm³/mol. The Hall–Kier alpha value is -4.36. The molecule has 36 heavy (non-hydrogen) atoms. The van der Waals surface area contributed by atoms with Gasteiger partial charge in [0, 0.05) is 11.8 Å². The van der Waals surface area contributed by atoms with Gasteiger partial charge in [-0.25, -0.2) is 0 Å². The number of nitriles is 1. The number of carbonyl (C=O) groups excluding carboxylic acids is 1. The topological polar surface area (TPSA) is 105 Å². The van der Waals surface area contributed by atoms with E-state index in [0.29, 0.717) is 29.8 Å². The number of aryl methyl sites for hydroxylation is 1. The average molecular weight is 516 g/mol. The molecule has 1 amide bonds. The highest BCUT2D eigenvalue weighted by Gasteiger charge is 2.33. The van der Waals surface area contributed by atoms with Crippen LogP contribution in [0, 0.1) is 21.4 Å². The number of nitrogens with one attached hydrogen (secondary N) is 1. The second kappa shape index (κ2) is 10.9. The lowest BCUT2D eigenvalue weighted by Gasteiger charge is -2.11. The number of nitrogens with zero attached hydrogens (tertiary/aromatic N) is 2. The molecular weight excluding hydrogens is 499 g/mol. The molecule has 0 atom stereocenters. The Morgan fingerprint density at radius 3 is 2.47 bits per heavy atom. The molecule has 0 fully saturated rings. The van der Waals surface area contributed by atoms with E-state index in [1.54, 1.807) is 12.1 Å². The summed E-state index contributed by atoms with van der Waals surface area (Å²) in [4.78, 5) is 22.9. The summed E-state index contributed by atoms with van der Waals surface area (Å²) in [6, 6.07) is 14.9. The molecular formula is C25H17ClF3N3O4. The van der Waals surface area contributed by atoms with Crippen molar-refractivity contribution in [1.82, 2.24) is 0 Å². The number of carbonyl (C=O) groups is 1. The van der Waals surface area contributed by atoms with Gasteiger partial charge in [-0.1, -0.05) is 42.8 Å². The number of amides is 1.